The molecular weight excluding hydrogens is 805 g/mol. The fraction of sp³-hybridized carbons (Fsp3) is 0.447. The second-order valence-corrected chi connectivity index (χ2v) is 17.9. The van der Waals surface area contributed by atoms with E-state index in [2.05, 4.69) is 20.9 Å². The van der Waals surface area contributed by atoms with Gasteiger partial charge in [-0.25, -0.2) is 9.37 Å². The fourth-order valence-electron chi connectivity index (χ4n) is 7.16. The lowest BCUT2D eigenvalue weighted by Gasteiger charge is -2.35. The number of carbonyl (C=O) groups excluding carboxylic acids is 4. The molecule has 4 atom stereocenters. The molecular formula is C38H44F3N6O7PS2. The van der Waals surface area contributed by atoms with Gasteiger partial charge in [0.1, 0.15) is 22.9 Å². The second-order valence-electron chi connectivity index (χ2n) is 13.7. The molecule has 2 aliphatic heterocycles. The topological polar surface area (TPSA) is 182 Å². The molecule has 57 heavy (non-hydrogen) atoms. The van der Waals surface area contributed by atoms with Crippen LogP contribution in [0.2, 0.25) is 0 Å². The van der Waals surface area contributed by atoms with Gasteiger partial charge in [0.25, 0.3) is 5.91 Å². The summed E-state index contributed by atoms with van der Waals surface area (Å²) in [6.45, 7) is 2.98. The Morgan fingerprint density at radius 1 is 1.09 bits per heavy atom. The van der Waals surface area contributed by atoms with E-state index < -0.39 is 66.4 Å². The Hall–Kier alpha value is -4.19. The number of aromatic nitrogens is 1. The molecule has 2 aromatic carbocycles. The summed E-state index contributed by atoms with van der Waals surface area (Å²) in [7, 11) is -4.86. The standard InChI is InChI=1S/C38H44F3N6O7PS2/c1-3-53-55(52,54-4-2)38(40,41)23-12-15-30-22(18-23)19-31(56-30)35(50)46-28-20-43-17-16-24-13-14-29(47(24)37(28)51)34(49)45-27(10-7-11-33(42)48)36-44-21-32(57-36)25-8-5-6-9-26(25)39/h5-6,8-9,12,15,18-19,21,24,27-29,43H,3-4,7,10-11,13-14,16-17,20H2,1-2H3,(H2,42,48)(H,45,49)(H,46,50)/t24-,27+,28+,29+/m1/s1. The highest BCUT2D eigenvalue weighted by molar-refractivity contribution is 7.54. The van der Waals surface area contributed by atoms with Gasteiger partial charge in [-0.2, -0.15) is 8.78 Å². The Balaban J connectivity index is 1.19. The SMILES string of the molecule is CCOP(=O)(OCC)C(F)(F)c1ccc2sc(C(=O)N[C@H]3CNCC[C@H]4CC[C@@H](C(=O)N[C@@H](CCCC(N)=O)c5ncc(-c6ccccc6F)s5)N4C3=O)cc2c1. The van der Waals surface area contributed by atoms with Crippen molar-refractivity contribution >= 4 is 64.0 Å². The van der Waals surface area contributed by atoms with E-state index in [1.54, 1.807) is 23.1 Å². The van der Waals surface area contributed by atoms with Crippen LogP contribution in [0.4, 0.5) is 13.2 Å². The van der Waals surface area contributed by atoms with Gasteiger partial charge < -0.3 is 35.6 Å². The van der Waals surface area contributed by atoms with Crippen LogP contribution in [0.25, 0.3) is 20.5 Å². The van der Waals surface area contributed by atoms with Gasteiger partial charge in [-0.15, -0.1) is 22.7 Å². The molecule has 2 aromatic heterocycles. The minimum Gasteiger partial charge on any atom is -0.370 e. The van der Waals surface area contributed by atoms with Crippen LogP contribution in [0, 0.1) is 5.82 Å². The van der Waals surface area contributed by atoms with Gasteiger partial charge in [-0.3, -0.25) is 23.7 Å². The fourth-order valence-corrected chi connectivity index (χ4v) is 10.7. The number of thiazole rings is 1. The molecule has 0 aliphatic carbocycles. The molecule has 0 bridgehead atoms. The Kier molecular flexibility index (Phi) is 13.5. The maximum absolute atomic E-state index is 15.5. The van der Waals surface area contributed by atoms with Crippen molar-refractivity contribution in [3.63, 3.8) is 0 Å². The van der Waals surface area contributed by atoms with Crippen LogP contribution in [0.1, 0.15) is 78.7 Å². The third kappa shape index (κ3) is 9.26. The van der Waals surface area contributed by atoms with E-state index in [0.717, 1.165) is 23.5 Å². The first-order valence-corrected chi connectivity index (χ1v) is 21.9. The summed E-state index contributed by atoms with van der Waals surface area (Å²) in [5.74, 6) is -2.40. The van der Waals surface area contributed by atoms with Crippen molar-refractivity contribution in [2.45, 2.75) is 82.2 Å². The summed E-state index contributed by atoms with van der Waals surface area (Å²) < 4.78 is 69.0. The summed E-state index contributed by atoms with van der Waals surface area (Å²) in [4.78, 5) is 60.3. The van der Waals surface area contributed by atoms with Crippen LogP contribution in [0.5, 0.6) is 0 Å². The highest BCUT2D eigenvalue weighted by atomic mass is 32.1. The highest BCUT2D eigenvalue weighted by Gasteiger charge is 2.55. The van der Waals surface area contributed by atoms with E-state index in [4.69, 9.17) is 14.8 Å². The van der Waals surface area contributed by atoms with Crippen molar-refractivity contribution in [3.8, 4) is 10.4 Å². The third-order valence-electron chi connectivity index (χ3n) is 9.89. The van der Waals surface area contributed by atoms with Crippen LogP contribution in [-0.2, 0) is 33.7 Å². The molecule has 2 saturated heterocycles. The summed E-state index contributed by atoms with van der Waals surface area (Å²) in [6, 6.07) is 8.50. The summed E-state index contributed by atoms with van der Waals surface area (Å²) in [5.41, 5.74) is 1.20. The van der Waals surface area contributed by atoms with Crippen LogP contribution in [0.15, 0.2) is 54.7 Å². The van der Waals surface area contributed by atoms with Gasteiger partial charge >= 0.3 is 13.3 Å². The van der Waals surface area contributed by atoms with Crippen molar-refractivity contribution in [1.82, 2.24) is 25.8 Å². The molecule has 4 amide bonds. The Bertz CT molecular complexity index is 2160. The number of halogens is 3. The van der Waals surface area contributed by atoms with E-state index in [1.807, 2.05) is 0 Å². The number of nitrogens with zero attached hydrogens (tertiary/aromatic N) is 2. The van der Waals surface area contributed by atoms with Gasteiger partial charge in [0.15, 0.2) is 0 Å². The van der Waals surface area contributed by atoms with Crippen LogP contribution in [-0.4, -0.2) is 77.9 Å². The van der Waals surface area contributed by atoms with Crippen LogP contribution >= 0.6 is 30.3 Å². The lowest BCUT2D eigenvalue weighted by molar-refractivity contribution is -0.142. The van der Waals surface area contributed by atoms with Crippen molar-refractivity contribution in [2.24, 2.45) is 5.73 Å². The first-order chi connectivity index (χ1) is 27.3. The number of benzene rings is 2. The van der Waals surface area contributed by atoms with Gasteiger partial charge in [0.2, 0.25) is 17.7 Å². The maximum Gasteiger partial charge on any atom is 0.404 e. The molecule has 0 spiro atoms. The first kappa shape index (κ1) is 42.4. The number of nitrogens with one attached hydrogen (secondary N) is 3. The van der Waals surface area contributed by atoms with E-state index in [-0.39, 0.29) is 37.1 Å². The number of carbonyl (C=O) groups is 4. The molecule has 0 unspecified atom stereocenters. The number of hydrogen-bond acceptors (Lipinski definition) is 11. The highest BCUT2D eigenvalue weighted by Crippen LogP contribution is 2.67. The van der Waals surface area contributed by atoms with Gasteiger partial charge in [-0.05, 0) is 82.1 Å². The molecule has 19 heteroatoms. The van der Waals surface area contributed by atoms with E-state index in [0.29, 0.717) is 64.2 Å². The lowest BCUT2D eigenvalue weighted by atomic mass is 10.1. The number of amides is 4. The largest absolute Gasteiger partial charge is 0.404 e. The van der Waals surface area contributed by atoms with Crippen LogP contribution in [0.3, 0.4) is 0 Å². The van der Waals surface area contributed by atoms with E-state index in [9.17, 15) is 28.1 Å². The Morgan fingerprint density at radius 3 is 2.56 bits per heavy atom. The maximum atomic E-state index is 15.5. The van der Waals surface area contributed by atoms with Gasteiger partial charge in [0, 0.05) is 41.0 Å². The number of fused-ring (bicyclic) bond motifs is 2. The smallest absolute Gasteiger partial charge is 0.370 e. The summed E-state index contributed by atoms with van der Waals surface area (Å²) in [6.07, 6.45) is 3.80. The first-order valence-electron chi connectivity index (χ1n) is 18.7. The third-order valence-corrected chi connectivity index (χ3v) is 14.3. The molecule has 0 radical (unpaired) electrons. The number of alkyl halides is 2. The minimum atomic E-state index is -4.86. The number of rotatable bonds is 16. The normalized spacial score (nSPS) is 19.5. The van der Waals surface area contributed by atoms with Gasteiger partial charge in [-0.1, -0.05) is 24.3 Å². The van der Waals surface area contributed by atoms with Gasteiger partial charge in [0.05, 0.1) is 29.0 Å². The quantitative estimate of drug-likeness (QED) is 0.0923. The second kappa shape index (κ2) is 18.2. The molecule has 4 heterocycles. The molecule has 13 nitrogen and oxygen atoms in total. The lowest BCUT2D eigenvalue weighted by Crippen LogP contribution is -2.60. The monoisotopic (exact) mass is 848 g/mol. The summed E-state index contributed by atoms with van der Waals surface area (Å²) in [5, 5.41) is 9.83. The predicted octanol–water partition coefficient (Wildman–Crippen LogP) is 6.44. The average Bonchev–Trinajstić information content (AvgIpc) is 3.93. The Labute approximate surface area is 335 Å². The molecule has 2 fully saturated rings. The average molecular weight is 849 g/mol. The van der Waals surface area contributed by atoms with Crippen molar-refractivity contribution in [1.29, 1.82) is 0 Å². The van der Waals surface area contributed by atoms with E-state index in [1.165, 1.54) is 49.6 Å². The molecule has 5 N–H and O–H groups in total. The molecule has 4 aromatic rings. The number of thiophene rings is 1. The molecule has 0 saturated carbocycles. The zero-order chi connectivity index (χ0) is 40.9. The number of nitrogens with two attached hydrogens (primary N) is 1. The number of primary amides is 1. The zero-order valence-corrected chi connectivity index (χ0v) is 33.8. The molecule has 306 valence electrons. The minimum absolute atomic E-state index is 0.0831. The van der Waals surface area contributed by atoms with Crippen molar-refractivity contribution in [2.75, 3.05) is 26.3 Å². The molecule has 6 rings (SSSR count). The predicted molar refractivity (Wildman–Crippen MR) is 210 cm³/mol. The van der Waals surface area contributed by atoms with Crippen molar-refractivity contribution < 1.29 is 46.0 Å². The van der Waals surface area contributed by atoms with E-state index >= 15 is 8.78 Å². The molecule has 2 aliphatic rings. The summed E-state index contributed by atoms with van der Waals surface area (Å²) >= 11 is 2.25. The van der Waals surface area contributed by atoms with Crippen LogP contribution < -0.4 is 21.7 Å². The number of hydrogen-bond donors (Lipinski definition) is 4. The zero-order valence-electron chi connectivity index (χ0n) is 31.3. The Morgan fingerprint density at radius 2 is 1.84 bits per heavy atom. The van der Waals surface area contributed by atoms with Crippen molar-refractivity contribution in [3.05, 3.63) is 76.0 Å².